The molecule has 0 saturated heterocycles. The van der Waals surface area contributed by atoms with Crippen LogP contribution < -0.4 is 10.5 Å². The van der Waals surface area contributed by atoms with E-state index >= 15 is 0 Å². The number of ether oxygens (including phenoxy) is 1. The number of fused-ring (bicyclic) bond motifs is 1. The lowest BCUT2D eigenvalue weighted by atomic mass is 10.0. The Labute approximate surface area is 119 Å². The number of aromatic nitrogens is 2. The molecular weight excluding hydrogens is 250 g/mol. The molecule has 0 bridgehead atoms. The molecule has 1 aliphatic rings. The van der Waals surface area contributed by atoms with Gasteiger partial charge in [-0.2, -0.15) is 0 Å². The summed E-state index contributed by atoms with van der Waals surface area (Å²) in [5, 5.41) is 0. The molecule has 1 aromatic heterocycles. The first kappa shape index (κ1) is 13.0. The second-order valence-corrected chi connectivity index (χ2v) is 5.31. The van der Waals surface area contributed by atoms with Crippen LogP contribution in [0.3, 0.4) is 0 Å². The van der Waals surface area contributed by atoms with Gasteiger partial charge in [-0.25, -0.2) is 4.98 Å². The monoisotopic (exact) mass is 271 g/mol. The van der Waals surface area contributed by atoms with Gasteiger partial charge in [-0.05, 0) is 56.4 Å². The van der Waals surface area contributed by atoms with Crippen molar-refractivity contribution >= 4 is 5.69 Å². The van der Waals surface area contributed by atoms with Gasteiger partial charge in [0.25, 0.3) is 0 Å². The van der Waals surface area contributed by atoms with E-state index < -0.39 is 0 Å². The van der Waals surface area contributed by atoms with Crippen molar-refractivity contribution in [1.29, 1.82) is 0 Å². The third-order valence-corrected chi connectivity index (χ3v) is 3.80. The van der Waals surface area contributed by atoms with E-state index in [0.717, 1.165) is 37.4 Å². The van der Waals surface area contributed by atoms with E-state index in [4.69, 9.17) is 10.5 Å². The molecule has 0 atom stereocenters. The van der Waals surface area contributed by atoms with Crippen molar-refractivity contribution in [2.45, 2.75) is 38.6 Å². The molecule has 106 valence electrons. The molecule has 0 fully saturated rings. The Morgan fingerprint density at radius 1 is 1.15 bits per heavy atom. The molecule has 0 saturated carbocycles. The maximum absolute atomic E-state index is 5.71. The molecule has 2 aromatic rings. The van der Waals surface area contributed by atoms with Gasteiger partial charge in [-0.15, -0.1) is 0 Å². The summed E-state index contributed by atoms with van der Waals surface area (Å²) < 4.78 is 8.01. The van der Waals surface area contributed by atoms with E-state index in [-0.39, 0.29) is 0 Å². The predicted molar refractivity (Wildman–Crippen MR) is 79.8 cm³/mol. The van der Waals surface area contributed by atoms with Crippen LogP contribution in [0.15, 0.2) is 30.6 Å². The molecule has 0 amide bonds. The molecule has 4 nitrogen and oxygen atoms in total. The van der Waals surface area contributed by atoms with Crippen molar-refractivity contribution in [1.82, 2.24) is 9.55 Å². The molecule has 4 heteroatoms. The molecule has 2 N–H and O–H groups in total. The summed E-state index contributed by atoms with van der Waals surface area (Å²) in [4.78, 5) is 4.51. The summed E-state index contributed by atoms with van der Waals surface area (Å²) in [7, 11) is 0. The van der Waals surface area contributed by atoms with Gasteiger partial charge in [0.15, 0.2) is 0 Å². The number of hydrogen-bond acceptors (Lipinski definition) is 3. The van der Waals surface area contributed by atoms with Crippen LogP contribution in [0.5, 0.6) is 5.75 Å². The van der Waals surface area contributed by atoms with Gasteiger partial charge in [-0.3, -0.25) is 0 Å². The van der Waals surface area contributed by atoms with Gasteiger partial charge < -0.3 is 15.0 Å². The SMILES string of the molecule is Nc1ccc(OCCCn2cnc3c2CCCC3)cc1. The normalized spacial score (nSPS) is 14.0. The van der Waals surface area contributed by atoms with E-state index in [0.29, 0.717) is 0 Å². The topological polar surface area (TPSA) is 53.1 Å². The van der Waals surface area contributed by atoms with Crippen molar-refractivity contribution in [3.63, 3.8) is 0 Å². The Kier molecular flexibility index (Phi) is 3.90. The summed E-state index contributed by atoms with van der Waals surface area (Å²) in [6.45, 7) is 1.70. The standard InChI is InChI=1S/C16H21N3O/c17-13-6-8-14(9-7-13)20-11-3-10-19-12-18-15-4-1-2-5-16(15)19/h6-9,12H,1-5,10-11,17H2. The fourth-order valence-electron chi connectivity index (χ4n) is 2.71. The zero-order chi connectivity index (χ0) is 13.8. The van der Waals surface area contributed by atoms with Crippen molar-refractivity contribution < 1.29 is 4.74 Å². The van der Waals surface area contributed by atoms with Crippen molar-refractivity contribution in [3.8, 4) is 5.75 Å². The zero-order valence-corrected chi connectivity index (χ0v) is 11.7. The van der Waals surface area contributed by atoms with Crippen LogP contribution >= 0.6 is 0 Å². The predicted octanol–water partition coefficient (Wildman–Crippen LogP) is 2.81. The average Bonchev–Trinajstić information content (AvgIpc) is 2.89. The third-order valence-electron chi connectivity index (χ3n) is 3.80. The van der Waals surface area contributed by atoms with Crippen molar-refractivity contribution in [2.24, 2.45) is 0 Å². The van der Waals surface area contributed by atoms with E-state index in [2.05, 4.69) is 9.55 Å². The summed E-state index contributed by atoms with van der Waals surface area (Å²) in [6, 6.07) is 7.55. The molecule has 0 spiro atoms. The van der Waals surface area contributed by atoms with Gasteiger partial charge in [0.1, 0.15) is 5.75 Å². The number of aryl methyl sites for hydroxylation is 2. The highest BCUT2D eigenvalue weighted by Crippen LogP contribution is 2.20. The number of anilines is 1. The number of nitrogens with two attached hydrogens (primary N) is 1. The molecular formula is C16H21N3O. The third kappa shape index (κ3) is 2.95. The van der Waals surface area contributed by atoms with Crippen molar-refractivity contribution in [3.05, 3.63) is 42.0 Å². The molecule has 0 radical (unpaired) electrons. The minimum absolute atomic E-state index is 0.719. The first-order valence-corrected chi connectivity index (χ1v) is 7.34. The number of hydrogen-bond donors (Lipinski definition) is 1. The van der Waals surface area contributed by atoms with Crippen LogP contribution in [-0.2, 0) is 19.4 Å². The van der Waals surface area contributed by atoms with Gasteiger partial charge in [0.05, 0.1) is 18.6 Å². The van der Waals surface area contributed by atoms with Gasteiger partial charge in [0, 0.05) is 17.9 Å². The number of rotatable bonds is 5. The molecule has 20 heavy (non-hydrogen) atoms. The van der Waals surface area contributed by atoms with Gasteiger partial charge in [-0.1, -0.05) is 0 Å². The fraction of sp³-hybridized carbons (Fsp3) is 0.438. The Bertz CT molecular complexity index is 560. The van der Waals surface area contributed by atoms with Crippen LogP contribution in [0.1, 0.15) is 30.7 Å². The van der Waals surface area contributed by atoms with Gasteiger partial charge >= 0.3 is 0 Å². The Balaban J connectivity index is 1.48. The maximum atomic E-state index is 5.71. The Hall–Kier alpha value is -1.97. The van der Waals surface area contributed by atoms with Crippen LogP contribution in [0.4, 0.5) is 5.69 Å². The smallest absolute Gasteiger partial charge is 0.119 e. The highest BCUT2D eigenvalue weighted by atomic mass is 16.5. The molecule has 1 heterocycles. The van der Waals surface area contributed by atoms with Gasteiger partial charge in [0.2, 0.25) is 0 Å². The van der Waals surface area contributed by atoms with Crippen molar-refractivity contribution in [2.75, 3.05) is 12.3 Å². The van der Waals surface area contributed by atoms with E-state index in [1.807, 2.05) is 30.6 Å². The minimum Gasteiger partial charge on any atom is -0.494 e. The summed E-state index contributed by atoms with van der Waals surface area (Å²) in [5.41, 5.74) is 9.15. The summed E-state index contributed by atoms with van der Waals surface area (Å²) >= 11 is 0. The number of nitrogen functional groups attached to an aromatic ring is 1. The Morgan fingerprint density at radius 3 is 2.80 bits per heavy atom. The molecule has 0 aliphatic heterocycles. The zero-order valence-electron chi connectivity index (χ0n) is 11.7. The van der Waals surface area contributed by atoms with E-state index in [9.17, 15) is 0 Å². The second kappa shape index (κ2) is 5.99. The fourth-order valence-corrected chi connectivity index (χ4v) is 2.71. The maximum Gasteiger partial charge on any atom is 0.119 e. The van der Waals surface area contributed by atoms with E-state index in [1.165, 1.54) is 30.7 Å². The molecule has 0 unspecified atom stereocenters. The quantitative estimate of drug-likeness (QED) is 0.672. The van der Waals surface area contributed by atoms with Crippen LogP contribution in [0, 0.1) is 0 Å². The second-order valence-electron chi connectivity index (χ2n) is 5.31. The first-order chi connectivity index (χ1) is 9.83. The highest BCUT2D eigenvalue weighted by Gasteiger charge is 2.14. The Morgan fingerprint density at radius 2 is 1.95 bits per heavy atom. The lowest BCUT2D eigenvalue weighted by Crippen LogP contribution is -2.10. The lowest BCUT2D eigenvalue weighted by Gasteiger charge is -2.14. The first-order valence-electron chi connectivity index (χ1n) is 7.34. The molecule has 1 aromatic carbocycles. The van der Waals surface area contributed by atoms with Crippen LogP contribution in [0.2, 0.25) is 0 Å². The van der Waals surface area contributed by atoms with E-state index in [1.54, 1.807) is 0 Å². The lowest BCUT2D eigenvalue weighted by molar-refractivity contribution is 0.301. The average molecular weight is 271 g/mol. The summed E-state index contributed by atoms with van der Waals surface area (Å²) in [6.07, 6.45) is 7.87. The summed E-state index contributed by atoms with van der Waals surface area (Å²) in [5.74, 6) is 0.881. The van der Waals surface area contributed by atoms with Crippen LogP contribution in [0.25, 0.3) is 0 Å². The highest BCUT2D eigenvalue weighted by molar-refractivity contribution is 5.41. The molecule has 1 aliphatic carbocycles. The number of imidazole rings is 1. The molecule has 3 rings (SSSR count). The number of benzene rings is 1. The minimum atomic E-state index is 0.719. The van der Waals surface area contributed by atoms with Crippen LogP contribution in [-0.4, -0.2) is 16.2 Å². The largest absolute Gasteiger partial charge is 0.494 e. The number of nitrogens with zero attached hydrogens (tertiary/aromatic N) is 2.